The van der Waals surface area contributed by atoms with Crippen LogP contribution in [0.1, 0.15) is 37.7 Å². The van der Waals surface area contributed by atoms with Crippen molar-refractivity contribution < 1.29 is 0 Å². The van der Waals surface area contributed by atoms with Crippen molar-refractivity contribution in [1.29, 1.82) is 0 Å². The molecular formula is C15H24N2. The molecule has 2 atom stereocenters. The lowest BCUT2D eigenvalue weighted by Gasteiger charge is -2.25. The van der Waals surface area contributed by atoms with Crippen LogP contribution in [0.3, 0.4) is 0 Å². The number of hydrogen-bond donors (Lipinski definition) is 1. The summed E-state index contributed by atoms with van der Waals surface area (Å²) in [6.07, 6.45) is 12.1. The van der Waals surface area contributed by atoms with Crippen molar-refractivity contribution >= 4 is 0 Å². The molecule has 0 aliphatic heterocycles. The molecule has 1 aliphatic rings. The van der Waals surface area contributed by atoms with Crippen LogP contribution in [-0.4, -0.2) is 18.6 Å². The quantitative estimate of drug-likeness (QED) is 0.807. The molecule has 2 heteroatoms. The number of pyridine rings is 1. The van der Waals surface area contributed by atoms with E-state index in [4.69, 9.17) is 0 Å². The Morgan fingerprint density at radius 2 is 2.06 bits per heavy atom. The van der Waals surface area contributed by atoms with Crippen molar-refractivity contribution in [2.75, 3.05) is 13.6 Å². The van der Waals surface area contributed by atoms with Crippen molar-refractivity contribution in [3.05, 3.63) is 30.1 Å². The third-order valence-electron chi connectivity index (χ3n) is 4.00. The van der Waals surface area contributed by atoms with Crippen LogP contribution in [0.5, 0.6) is 0 Å². The lowest BCUT2D eigenvalue weighted by molar-refractivity contribution is 0.303. The molecule has 1 aromatic rings. The summed E-state index contributed by atoms with van der Waals surface area (Å²) in [5.41, 5.74) is 1.40. The number of rotatable bonds is 4. The summed E-state index contributed by atoms with van der Waals surface area (Å²) in [5, 5.41) is 3.37. The SMILES string of the molecule is CNCC1CCCCCC1Cc1cccnc1. The van der Waals surface area contributed by atoms with Crippen molar-refractivity contribution in [3.63, 3.8) is 0 Å². The normalized spacial score (nSPS) is 25.5. The number of aromatic nitrogens is 1. The van der Waals surface area contributed by atoms with E-state index in [9.17, 15) is 0 Å². The highest BCUT2D eigenvalue weighted by Crippen LogP contribution is 2.30. The van der Waals surface area contributed by atoms with Gasteiger partial charge in [-0.1, -0.05) is 25.3 Å². The van der Waals surface area contributed by atoms with Crippen molar-refractivity contribution in [3.8, 4) is 0 Å². The zero-order valence-electron chi connectivity index (χ0n) is 10.9. The molecule has 0 aromatic carbocycles. The summed E-state index contributed by atoms with van der Waals surface area (Å²) in [6, 6.07) is 4.27. The summed E-state index contributed by atoms with van der Waals surface area (Å²) in [6.45, 7) is 1.17. The Balaban J connectivity index is 1.99. The Morgan fingerprint density at radius 3 is 2.76 bits per heavy atom. The maximum absolute atomic E-state index is 4.23. The molecule has 0 bridgehead atoms. The lowest BCUT2D eigenvalue weighted by atomic mass is 9.83. The van der Waals surface area contributed by atoms with Gasteiger partial charge in [-0.3, -0.25) is 4.98 Å². The van der Waals surface area contributed by atoms with E-state index in [2.05, 4.69) is 29.5 Å². The van der Waals surface area contributed by atoms with E-state index >= 15 is 0 Å². The highest BCUT2D eigenvalue weighted by molar-refractivity contribution is 5.09. The average molecular weight is 232 g/mol. The fourth-order valence-electron chi connectivity index (χ4n) is 3.08. The molecule has 1 saturated carbocycles. The van der Waals surface area contributed by atoms with Crippen LogP contribution >= 0.6 is 0 Å². The Kier molecular flexibility index (Phi) is 4.99. The molecule has 2 rings (SSSR count). The maximum atomic E-state index is 4.23. The van der Waals surface area contributed by atoms with E-state index in [1.165, 1.54) is 50.6 Å². The predicted molar refractivity (Wildman–Crippen MR) is 71.9 cm³/mol. The topological polar surface area (TPSA) is 24.9 Å². The smallest absolute Gasteiger partial charge is 0.0299 e. The number of nitrogens with one attached hydrogen (secondary N) is 1. The highest BCUT2D eigenvalue weighted by Gasteiger charge is 2.23. The van der Waals surface area contributed by atoms with E-state index in [0.717, 1.165) is 11.8 Å². The third kappa shape index (κ3) is 3.81. The molecule has 1 heterocycles. The van der Waals surface area contributed by atoms with Gasteiger partial charge in [0, 0.05) is 12.4 Å². The van der Waals surface area contributed by atoms with Gasteiger partial charge in [0.1, 0.15) is 0 Å². The van der Waals surface area contributed by atoms with Gasteiger partial charge in [-0.2, -0.15) is 0 Å². The zero-order valence-corrected chi connectivity index (χ0v) is 10.9. The van der Waals surface area contributed by atoms with Gasteiger partial charge in [0.25, 0.3) is 0 Å². The molecule has 1 N–H and O–H groups in total. The van der Waals surface area contributed by atoms with Gasteiger partial charge < -0.3 is 5.32 Å². The fourth-order valence-corrected chi connectivity index (χ4v) is 3.08. The van der Waals surface area contributed by atoms with E-state index in [-0.39, 0.29) is 0 Å². The summed E-state index contributed by atoms with van der Waals surface area (Å²) >= 11 is 0. The summed E-state index contributed by atoms with van der Waals surface area (Å²) in [5.74, 6) is 1.69. The maximum Gasteiger partial charge on any atom is 0.0299 e. The Morgan fingerprint density at radius 1 is 1.24 bits per heavy atom. The van der Waals surface area contributed by atoms with Gasteiger partial charge in [0.15, 0.2) is 0 Å². The molecule has 17 heavy (non-hydrogen) atoms. The van der Waals surface area contributed by atoms with Crippen LogP contribution in [0.2, 0.25) is 0 Å². The van der Waals surface area contributed by atoms with E-state index < -0.39 is 0 Å². The molecule has 1 aromatic heterocycles. The molecule has 0 spiro atoms. The zero-order chi connectivity index (χ0) is 11.9. The molecule has 94 valence electrons. The predicted octanol–water partition coefficient (Wildman–Crippen LogP) is 3.04. The Bertz CT molecular complexity index is 310. The van der Waals surface area contributed by atoms with Crippen molar-refractivity contribution in [1.82, 2.24) is 10.3 Å². The first kappa shape index (κ1) is 12.6. The molecule has 2 unspecified atom stereocenters. The van der Waals surface area contributed by atoms with Crippen molar-refractivity contribution in [2.24, 2.45) is 11.8 Å². The van der Waals surface area contributed by atoms with Gasteiger partial charge in [-0.15, -0.1) is 0 Å². The van der Waals surface area contributed by atoms with Crippen LogP contribution in [-0.2, 0) is 6.42 Å². The van der Waals surface area contributed by atoms with Crippen LogP contribution in [0.15, 0.2) is 24.5 Å². The minimum Gasteiger partial charge on any atom is -0.319 e. The second-order valence-corrected chi connectivity index (χ2v) is 5.28. The monoisotopic (exact) mass is 232 g/mol. The molecule has 1 aliphatic carbocycles. The summed E-state index contributed by atoms with van der Waals surface area (Å²) in [7, 11) is 2.08. The fraction of sp³-hybridized carbons (Fsp3) is 0.667. The van der Waals surface area contributed by atoms with Gasteiger partial charge >= 0.3 is 0 Å². The second kappa shape index (κ2) is 6.75. The van der Waals surface area contributed by atoms with Gasteiger partial charge in [-0.25, -0.2) is 0 Å². The molecule has 0 amide bonds. The summed E-state index contributed by atoms with van der Waals surface area (Å²) < 4.78 is 0. The van der Waals surface area contributed by atoms with E-state index in [0.29, 0.717) is 0 Å². The molecule has 0 radical (unpaired) electrons. The van der Waals surface area contributed by atoms with Crippen LogP contribution in [0.25, 0.3) is 0 Å². The van der Waals surface area contributed by atoms with Gasteiger partial charge in [-0.05, 0) is 56.3 Å². The van der Waals surface area contributed by atoms with Crippen molar-refractivity contribution in [2.45, 2.75) is 38.5 Å². The number of nitrogens with zero attached hydrogens (tertiary/aromatic N) is 1. The first-order valence-corrected chi connectivity index (χ1v) is 6.93. The third-order valence-corrected chi connectivity index (χ3v) is 4.00. The second-order valence-electron chi connectivity index (χ2n) is 5.28. The van der Waals surface area contributed by atoms with Crippen LogP contribution in [0.4, 0.5) is 0 Å². The molecular weight excluding hydrogens is 208 g/mol. The highest BCUT2D eigenvalue weighted by atomic mass is 14.8. The Hall–Kier alpha value is -0.890. The van der Waals surface area contributed by atoms with Crippen LogP contribution in [0, 0.1) is 11.8 Å². The molecule has 1 fully saturated rings. The minimum absolute atomic E-state index is 0.842. The van der Waals surface area contributed by atoms with E-state index in [1.807, 2.05) is 12.4 Å². The van der Waals surface area contributed by atoms with Crippen LogP contribution < -0.4 is 5.32 Å². The molecule has 0 saturated heterocycles. The average Bonchev–Trinajstić information content (AvgIpc) is 2.57. The number of hydrogen-bond acceptors (Lipinski definition) is 2. The van der Waals surface area contributed by atoms with E-state index in [1.54, 1.807) is 0 Å². The first-order chi connectivity index (χ1) is 8.40. The van der Waals surface area contributed by atoms with Gasteiger partial charge in [0.05, 0.1) is 0 Å². The van der Waals surface area contributed by atoms with Gasteiger partial charge in [0.2, 0.25) is 0 Å². The summed E-state index contributed by atoms with van der Waals surface area (Å²) in [4.78, 5) is 4.23. The first-order valence-electron chi connectivity index (χ1n) is 6.93. The minimum atomic E-state index is 0.842. The standard InChI is InChI=1S/C15H24N2/c1-16-12-15-8-4-2-3-7-14(15)10-13-6-5-9-17-11-13/h5-6,9,11,14-16H,2-4,7-8,10,12H2,1H3. The molecule has 2 nitrogen and oxygen atoms in total. The largest absolute Gasteiger partial charge is 0.319 e. The lowest BCUT2D eigenvalue weighted by Crippen LogP contribution is -2.26. The Labute approximate surface area is 105 Å².